The zero-order valence-electron chi connectivity index (χ0n) is 10.4. The van der Waals surface area contributed by atoms with E-state index >= 15 is 0 Å². The molecule has 0 unspecified atom stereocenters. The first kappa shape index (κ1) is 12.2. The molecule has 0 spiro atoms. The van der Waals surface area contributed by atoms with Gasteiger partial charge in [-0.1, -0.05) is 17.3 Å². The number of para-hydroxylation sites is 1. The first-order valence-electron chi connectivity index (χ1n) is 5.78. The van der Waals surface area contributed by atoms with Crippen molar-refractivity contribution in [3.05, 3.63) is 41.6 Å². The quantitative estimate of drug-likeness (QED) is 0.869. The van der Waals surface area contributed by atoms with Crippen LogP contribution in [0.4, 0.5) is 11.6 Å². The van der Waals surface area contributed by atoms with Crippen molar-refractivity contribution in [3.63, 3.8) is 0 Å². The second-order valence-electron chi connectivity index (χ2n) is 3.86. The minimum atomic E-state index is -0.220. The monoisotopic (exact) mass is 245 g/mol. The molecule has 18 heavy (non-hydrogen) atoms. The molecule has 0 aliphatic rings. The van der Waals surface area contributed by atoms with Gasteiger partial charge in [-0.3, -0.25) is 10.1 Å². The number of aromatic nitrogens is 1. The molecule has 0 saturated carbocycles. The van der Waals surface area contributed by atoms with Gasteiger partial charge in [0, 0.05) is 18.3 Å². The van der Waals surface area contributed by atoms with Gasteiger partial charge in [-0.15, -0.1) is 0 Å². The fraction of sp³-hybridized carbons (Fsp3) is 0.231. The summed E-state index contributed by atoms with van der Waals surface area (Å²) in [6.07, 6.45) is 0. The highest BCUT2D eigenvalue weighted by Gasteiger charge is 2.12. The number of hydrogen-bond donors (Lipinski definition) is 2. The van der Waals surface area contributed by atoms with Gasteiger partial charge >= 0.3 is 0 Å². The zero-order valence-corrected chi connectivity index (χ0v) is 10.4. The number of anilines is 2. The lowest BCUT2D eigenvalue weighted by Gasteiger charge is -2.09. The third kappa shape index (κ3) is 2.68. The lowest BCUT2D eigenvalue weighted by Crippen LogP contribution is -2.14. The summed E-state index contributed by atoms with van der Waals surface area (Å²) < 4.78 is 4.95. The predicted octanol–water partition coefficient (Wildman–Crippen LogP) is 2.67. The molecule has 0 aliphatic carbocycles. The molecule has 5 heteroatoms. The topological polar surface area (TPSA) is 67.2 Å². The summed E-state index contributed by atoms with van der Waals surface area (Å²) >= 11 is 0. The summed E-state index contributed by atoms with van der Waals surface area (Å²) in [5.74, 6) is 0.131. The van der Waals surface area contributed by atoms with E-state index in [-0.39, 0.29) is 5.91 Å². The Morgan fingerprint density at radius 2 is 2.17 bits per heavy atom. The minimum absolute atomic E-state index is 0.220. The van der Waals surface area contributed by atoms with Crippen molar-refractivity contribution in [2.45, 2.75) is 13.8 Å². The van der Waals surface area contributed by atoms with E-state index in [0.29, 0.717) is 11.4 Å². The number of nitrogens with zero attached hydrogens (tertiary/aromatic N) is 1. The lowest BCUT2D eigenvalue weighted by atomic mass is 10.1. The first-order chi connectivity index (χ1) is 8.70. The molecule has 2 N–H and O–H groups in total. The van der Waals surface area contributed by atoms with E-state index < -0.39 is 0 Å². The molecular weight excluding hydrogens is 230 g/mol. The van der Waals surface area contributed by atoms with Crippen LogP contribution in [0.5, 0.6) is 0 Å². The van der Waals surface area contributed by atoms with Gasteiger partial charge in [0.2, 0.25) is 5.88 Å². The van der Waals surface area contributed by atoms with Crippen molar-refractivity contribution in [2.24, 2.45) is 0 Å². The zero-order chi connectivity index (χ0) is 13.0. The van der Waals surface area contributed by atoms with Crippen LogP contribution in [0, 0.1) is 6.92 Å². The third-order valence-electron chi connectivity index (χ3n) is 2.40. The van der Waals surface area contributed by atoms with Crippen molar-refractivity contribution in [1.82, 2.24) is 5.16 Å². The van der Waals surface area contributed by atoms with Crippen molar-refractivity contribution in [3.8, 4) is 0 Å². The van der Waals surface area contributed by atoms with Gasteiger partial charge in [-0.05, 0) is 26.0 Å². The fourth-order valence-electron chi connectivity index (χ4n) is 1.63. The van der Waals surface area contributed by atoms with Gasteiger partial charge in [0.15, 0.2) is 0 Å². The smallest absolute Gasteiger partial charge is 0.260 e. The molecule has 0 fully saturated rings. The van der Waals surface area contributed by atoms with E-state index in [1.54, 1.807) is 19.1 Å². The number of benzene rings is 1. The molecule has 0 atom stereocenters. The number of hydrogen-bond acceptors (Lipinski definition) is 4. The summed E-state index contributed by atoms with van der Waals surface area (Å²) in [6.45, 7) is 4.53. The van der Waals surface area contributed by atoms with E-state index in [2.05, 4.69) is 15.8 Å². The van der Waals surface area contributed by atoms with Gasteiger partial charge < -0.3 is 9.84 Å². The number of aryl methyl sites for hydroxylation is 1. The van der Waals surface area contributed by atoms with Crippen LogP contribution in [0.1, 0.15) is 23.0 Å². The number of rotatable bonds is 4. The van der Waals surface area contributed by atoms with Crippen molar-refractivity contribution < 1.29 is 9.32 Å². The van der Waals surface area contributed by atoms with Crippen LogP contribution < -0.4 is 10.6 Å². The van der Waals surface area contributed by atoms with E-state index in [1.807, 2.05) is 25.1 Å². The second-order valence-corrected chi connectivity index (χ2v) is 3.86. The second kappa shape index (κ2) is 5.35. The Morgan fingerprint density at radius 1 is 1.39 bits per heavy atom. The van der Waals surface area contributed by atoms with Gasteiger partial charge in [-0.2, -0.15) is 0 Å². The molecule has 94 valence electrons. The Balaban J connectivity index is 2.18. The molecular formula is C13H15N3O2. The highest BCUT2D eigenvalue weighted by atomic mass is 16.5. The Hall–Kier alpha value is -2.30. The Kier molecular flexibility index (Phi) is 3.62. The minimum Gasteiger partial charge on any atom is -0.385 e. The van der Waals surface area contributed by atoms with Crippen LogP contribution in [0.2, 0.25) is 0 Å². The molecule has 1 heterocycles. The van der Waals surface area contributed by atoms with E-state index in [9.17, 15) is 4.79 Å². The maximum absolute atomic E-state index is 12.1. The lowest BCUT2D eigenvalue weighted by molar-refractivity contribution is 0.102. The molecule has 1 aromatic heterocycles. The molecule has 0 saturated heterocycles. The van der Waals surface area contributed by atoms with Gasteiger partial charge in [0.05, 0.1) is 11.3 Å². The summed E-state index contributed by atoms with van der Waals surface area (Å²) in [4.78, 5) is 12.1. The van der Waals surface area contributed by atoms with Crippen LogP contribution in [-0.4, -0.2) is 17.6 Å². The highest BCUT2D eigenvalue weighted by molar-refractivity contribution is 6.07. The maximum Gasteiger partial charge on any atom is 0.260 e. The van der Waals surface area contributed by atoms with Crippen LogP contribution in [0.3, 0.4) is 0 Å². The largest absolute Gasteiger partial charge is 0.385 e. The van der Waals surface area contributed by atoms with Crippen molar-refractivity contribution >= 4 is 17.5 Å². The van der Waals surface area contributed by atoms with Crippen molar-refractivity contribution in [1.29, 1.82) is 0 Å². The maximum atomic E-state index is 12.1. The van der Waals surface area contributed by atoms with Crippen molar-refractivity contribution in [2.75, 3.05) is 17.2 Å². The first-order valence-corrected chi connectivity index (χ1v) is 5.78. The molecule has 2 rings (SSSR count). The van der Waals surface area contributed by atoms with E-state index in [0.717, 1.165) is 17.9 Å². The molecule has 2 aromatic rings. The number of nitrogens with one attached hydrogen (secondary N) is 2. The summed E-state index contributed by atoms with van der Waals surface area (Å²) in [5.41, 5.74) is 2.10. The Morgan fingerprint density at radius 3 is 2.83 bits per heavy atom. The van der Waals surface area contributed by atoms with Crippen LogP contribution in [0.25, 0.3) is 0 Å². The molecule has 0 radical (unpaired) electrons. The SMILES string of the molecule is CCNc1ccccc1C(=O)Nc1cc(C)no1. The summed E-state index contributed by atoms with van der Waals surface area (Å²) in [7, 11) is 0. The standard InChI is InChI=1S/C13H15N3O2/c1-3-14-11-7-5-4-6-10(11)13(17)15-12-8-9(2)16-18-12/h4-8,14H,3H2,1-2H3,(H,15,17). The van der Waals surface area contributed by atoms with Crippen LogP contribution in [-0.2, 0) is 0 Å². The Bertz CT molecular complexity index is 549. The fourth-order valence-corrected chi connectivity index (χ4v) is 1.63. The number of carbonyl (C=O) groups excluding carboxylic acids is 1. The molecule has 1 aromatic carbocycles. The number of carbonyl (C=O) groups is 1. The average Bonchev–Trinajstić information content (AvgIpc) is 2.76. The van der Waals surface area contributed by atoms with Crippen LogP contribution >= 0.6 is 0 Å². The highest BCUT2D eigenvalue weighted by Crippen LogP contribution is 2.17. The summed E-state index contributed by atoms with van der Waals surface area (Å²) in [5, 5.41) is 9.53. The summed E-state index contributed by atoms with van der Waals surface area (Å²) in [6, 6.07) is 9.00. The molecule has 5 nitrogen and oxygen atoms in total. The average molecular weight is 245 g/mol. The third-order valence-corrected chi connectivity index (χ3v) is 2.40. The number of amides is 1. The van der Waals surface area contributed by atoms with E-state index in [4.69, 9.17) is 4.52 Å². The van der Waals surface area contributed by atoms with Gasteiger partial charge in [0.25, 0.3) is 5.91 Å². The van der Waals surface area contributed by atoms with E-state index in [1.165, 1.54) is 0 Å². The van der Waals surface area contributed by atoms with Gasteiger partial charge in [0.1, 0.15) is 0 Å². The normalized spacial score (nSPS) is 10.1. The Labute approximate surface area is 105 Å². The molecule has 0 aliphatic heterocycles. The van der Waals surface area contributed by atoms with Gasteiger partial charge in [-0.25, -0.2) is 0 Å². The molecule has 0 bridgehead atoms. The molecule has 1 amide bonds. The predicted molar refractivity (Wildman–Crippen MR) is 69.8 cm³/mol. The van der Waals surface area contributed by atoms with Crippen LogP contribution in [0.15, 0.2) is 34.9 Å².